The van der Waals surface area contributed by atoms with Crippen molar-refractivity contribution in [1.29, 1.82) is 0 Å². The normalized spacial score (nSPS) is 11.9. The van der Waals surface area contributed by atoms with E-state index in [9.17, 15) is 4.79 Å². The molecule has 0 saturated carbocycles. The van der Waals surface area contributed by atoms with Crippen molar-refractivity contribution in [3.8, 4) is 11.5 Å². The third-order valence-electron chi connectivity index (χ3n) is 1.95. The van der Waals surface area contributed by atoms with E-state index in [0.717, 1.165) is 0 Å². The summed E-state index contributed by atoms with van der Waals surface area (Å²) in [5.74, 6) is 0.295. The van der Waals surface area contributed by atoms with Gasteiger partial charge in [-0.05, 0) is 30.7 Å². The van der Waals surface area contributed by atoms with Crippen molar-refractivity contribution in [2.24, 2.45) is 0 Å². The molecule has 1 N–H and O–H groups in total. The molecular weight excluding hydrogens is 196 g/mol. The summed E-state index contributed by atoms with van der Waals surface area (Å²) in [6, 6.07) is 6.19. The number of phenolic OH excluding ortho intramolecular Hbond substituents is 1. The molecule has 0 saturated heterocycles. The molecule has 82 valence electrons. The van der Waals surface area contributed by atoms with Gasteiger partial charge < -0.3 is 14.6 Å². The van der Waals surface area contributed by atoms with Crippen molar-refractivity contribution >= 4 is 5.97 Å². The number of ether oxygens (including phenoxy) is 2. The summed E-state index contributed by atoms with van der Waals surface area (Å²) in [6.45, 7) is 1.84. The van der Waals surface area contributed by atoms with Crippen LogP contribution in [0.5, 0.6) is 11.5 Å². The molecule has 1 aromatic carbocycles. The van der Waals surface area contributed by atoms with E-state index in [0.29, 0.717) is 12.2 Å². The summed E-state index contributed by atoms with van der Waals surface area (Å²) in [5, 5.41) is 9.06. The SMILES string of the molecule is CCC(Oc1ccc(O)cc1)C(=O)OC. The highest BCUT2D eigenvalue weighted by atomic mass is 16.6. The molecule has 0 aliphatic heterocycles. The maximum absolute atomic E-state index is 11.2. The van der Waals surface area contributed by atoms with Gasteiger partial charge in [0.25, 0.3) is 0 Å². The van der Waals surface area contributed by atoms with E-state index in [1.165, 1.54) is 19.2 Å². The molecular formula is C11H14O4. The van der Waals surface area contributed by atoms with Crippen molar-refractivity contribution in [3.63, 3.8) is 0 Å². The number of hydrogen-bond donors (Lipinski definition) is 1. The van der Waals surface area contributed by atoms with Crippen LogP contribution >= 0.6 is 0 Å². The minimum Gasteiger partial charge on any atom is -0.508 e. The van der Waals surface area contributed by atoms with Gasteiger partial charge in [-0.25, -0.2) is 4.79 Å². The average Bonchev–Trinajstić information content (AvgIpc) is 2.27. The van der Waals surface area contributed by atoms with Gasteiger partial charge >= 0.3 is 5.97 Å². The molecule has 0 radical (unpaired) electrons. The third-order valence-corrected chi connectivity index (χ3v) is 1.95. The zero-order chi connectivity index (χ0) is 11.3. The monoisotopic (exact) mass is 210 g/mol. The van der Waals surface area contributed by atoms with E-state index in [4.69, 9.17) is 9.84 Å². The minimum absolute atomic E-state index is 0.161. The summed E-state index contributed by atoms with van der Waals surface area (Å²) >= 11 is 0. The van der Waals surface area contributed by atoms with E-state index in [-0.39, 0.29) is 5.75 Å². The standard InChI is InChI=1S/C11H14O4/c1-3-10(11(13)14-2)15-9-6-4-8(12)5-7-9/h4-7,10,12H,3H2,1-2H3. The van der Waals surface area contributed by atoms with E-state index in [1.54, 1.807) is 12.1 Å². The Hall–Kier alpha value is -1.71. The summed E-state index contributed by atoms with van der Waals surface area (Å²) in [4.78, 5) is 11.2. The Labute approximate surface area is 88.4 Å². The molecule has 0 bridgehead atoms. The molecule has 0 aromatic heterocycles. The Balaban J connectivity index is 2.66. The lowest BCUT2D eigenvalue weighted by atomic mass is 10.2. The van der Waals surface area contributed by atoms with Gasteiger partial charge in [-0.1, -0.05) is 6.92 Å². The Morgan fingerprint density at radius 1 is 1.40 bits per heavy atom. The number of aromatic hydroxyl groups is 1. The maximum atomic E-state index is 11.2. The summed E-state index contributed by atoms with van der Waals surface area (Å²) in [5.41, 5.74) is 0. The van der Waals surface area contributed by atoms with Crippen molar-refractivity contribution in [1.82, 2.24) is 0 Å². The molecule has 15 heavy (non-hydrogen) atoms. The predicted octanol–water partition coefficient (Wildman–Crippen LogP) is 1.72. The molecule has 1 atom stereocenters. The first-order valence-electron chi connectivity index (χ1n) is 4.71. The van der Waals surface area contributed by atoms with Gasteiger partial charge in [-0.15, -0.1) is 0 Å². The van der Waals surface area contributed by atoms with Crippen LogP contribution in [0.15, 0.2) is 24.3 Å². The molecule has 1 rings (SSSR count). The molecule has 1 unspecified atom stereocenters. The van der Waals surface area contributed by atoms with Crippen LogP contribution in [-0.4, -0.2) is 24.3 Å². The first-order valence-corrected chi connectivity index (χ1v) is 4.71. The largest absolute Gasteiger partial charge is 0.508 e. The molecule has 1 aromatic rings. The fourth-order valence-electron chi connectivity index (χ4n) is 1.12. The topological polar surface area (TPSA) is 55.8 Å². The second-order valence-corrected chi connectivity index (χ2v) is 3.03. The highest BCUT2D eigenvalue weighted by Gasteiger charge is 2.18. The van der Waals surface area contributed by atoms with Crippen LogP contribution in [0.25, 0.3) is 0 Å². The van der Waals surface area contributed by atoms with Gasteiger partial charge in [0.15, 0.2) is 6.10 Å². The molecule has 0 aliphatic rings. The van der Waals surface area contributed by atoms with Crippen molar-refractivity contribution < 1.29 is 19.4 Å². The lowest BCUT2D eigenvalue weighted by Gasteiger charge is -2.14. The first-order chi connectivity index (χ1) is 7.17. The van der Waals surface area contributed by atoms with E-state index < -0.39 is 12.1 Å². The first kappa shape index (κ1) is 11.4. The van der Waals surface area contributed by atoms with Crippen molar-refractivity contribution in [2.75, 3.05) is 7.11 Å². The molecule has 0 fully saturated rings. The molecule has 4 nitrogen and oxygen atoms in total. The van der Waals surface area contributed by atoms with Crippen LogP contribution in [0.4, 0.5) is 0 Å². The average molecular weight is 210 g/mol. The zero-order valence-corrected chi connectivity index (χ0v) is 8.77. The number of carbonyl (C=O) groups excluding carboxylic acids is 1. The second kappa shape index (κ2) is 5.24. The quantitative estimate of drug-likeness (QED) is 0.769. The predicted molar refractivity (Wildman–Crippen MR) is 54.8 cm³/mol. The fourth-order valence-corrected chi connectivity index (χ4v) is 1.12. The molecule has 0 amide bonds. The van der Waals surface area contributed by atoms with Gasteiger partial charge in [-0.3, -0.25) is 0 Å². The lowest BCUT2D eigenvalue weighted by molar-refractivity contribution is -0.148. The van der Waals surface area contributed by atoms with Crippen molar-refractivity contribution in [2.45, 2.75) is 19.4 Å². The Morgan fingerprint density at radius 3 is 2.47 bits per heavy atom. The number of methoxy groups -OCH3 is 1. The van der Waals surface area contributed by atoms with Gasteiger partial charge in [0.1, 0.15) is 11.5 Å². The maximum Gasteiger partial charge on any atom is 0.347 e. The van der Waals surface area contributed by atoms with Crippen LogP contribution in [-0.2, 0) is 9.53 Å². The van der Waals surface area contributed by atoms with Crippen LogP contribution in [0, 0.1) is 0 Å². The number of rotatable bonds is 4. The van der Waals surface area contributed by atoms with E-state index in [1.807, 2.05) is 6.92 Å². The number of hydrogen-bond acceptors (Lipinski definition) is 4. The second-order valence-electron chi connectivity index (χ2n) is 3.03. The molecule has 0 heterocycles. The Bertz CT molecular complexity index is 318. The number of phenols is 1. The number of carbonyl (C=O) groups is 1. The Kier molecular flexibility index (Phi) is 3.97. The van der Waals surface area contributed by atoms with Gasteiger partial charge in [0, 0.05) is 0 Å². The number of esters is 1. The smallest absolute Gasteiger partial charge is 0.347 e. The van der Waals surface area contributed by atoms with Crippen LogP contribution < -0.4 is 4.74 Å². The molecule has 4 heteroatoms. The van der Waals surface area contributed by atoms with Gasteiger partial charge in [0.05, 0.1) is 7.11 Å². The van der Waals surface area contributed by atoms with Gasteiger partial charge in [0.2, 0.25) is 0 Å². The highest BCUT2D eigenvalue weighted by molar-refractivity contribution is 5.74. The lowest BCUT2D eigenvalue weighted by Crippen LogP contribution is -2.27. The Morgan fingerprint density at radius 2 is 2.00 bits per heavy atom. The number of benzene rings is 1. The van der Waals surface area contributed by atoms with Crippen molar-refractivity contribution in [3.05, 3.63) is 24.3 Å². The summed E-state index contributed by atoms with van der Waals surface area (Å²) in [6.07, 6.45) is -0.0624. The third kappa shape index (κ3) is 3.16. The molecule has 0 aliphatic carbocycles. The van der Waals surface area contributed by atoms with Crippen LogP contribution in [0.2, 0.25) is 0 Å². The minimum atomic E-state index is -0.598. The summed E-state index contributed by atoms with van der Waals surface area (Å²) < 4.78 is 9.97. The summed E-state index contributed by atoms with van der Waals surface area (Å²) in [7, 11) is 1.32. The van der Waals surface area contributed by atoms with E-state index >= 15 is 0 Å². The van der Waals surface area contributed by atoms with E-state index in [2.05, 4.69) is 4.74 Å². The van der Waals surface area contributed by atoms with Crippen LogP contribution in [0.3, 0.4) is 0 Å². The molecule has 0 spiro atoms. The van der Waals surface area contributed by atoms with Gasteiger partial charge in [-0.2, -0.15) is 0 Å². The fraction of sp³-hybridized carbons (Fsp3) is 0.364. The highest BCUT2D eigenvalue weighted by Crippen LogP contribution is 2.18. The zero-order valence-electron chi connectivity index (χ0n) is 8.77. The van der Waals surface area contributed by atoms with Crippen LogP contribution in [0.1, 0.15) is 13.3 Å².